The lowest BCUT2D eigenvalue weighted by molar-refractivity contribution is -0.0532. The van der Waals surface area contributed by atoms with Crippen molar-refractivity contribution >= 4 is 0 Å². The molecule has 3 atom stereocenters. The van der Waals surface area contributed by atoms with Gasteiger partial charge in [-0.3, -0.25) is 0 Å². The van der Waals surface area contributed by atoms with Crippen LogP contribution in [0.25, 0.3) is 0 Å². The quantitative estimate of drug-likeness (QED) is 0.840. The number of benzene rings is 1. The average molecular weight is 264 g/mol. The second-order valence-electron chi connectivity index (χ2n) is 5.90. The zero-order valence-electron chi connectivity index (χ0n) is 12.0. The molecule has 1 saturated carbocycles. The first-order valence-electron chi connectivity index (χ1n) is 7.59. The monoisotopic (exact) mass is 264 g/mol. The molecule has 0 aromatic heterocycles. The smallest absolute Gasteiger partial charge is 0.129 e. The topological polar surface area (TPSA) is 20.2 Å². The Balaban J connectivity index is 2.29. The molecule has 2 rings (SSSR count). The van der Waals surface area contributed by atoms with Crippen molar-refractivity contribution in [3.05, 3.63) is 35.6 Å². The molecule has 2 heteroatoms. The molecular formula is C17H25FO. The summed E-state index contributed by atoms with van der Waals surface area (Å²) in [5.74, 6) is 0.599. The lowest BCUT2D eigenvalue weighted by Gasteiger charge is -2.41. The lowest BCUT2D eigenvalue weighted by Crippen LogP contribution is -2.38. The Kier molecular flexibility index (Phi) is 4.62. The molecular weight excluding hydrogens is 239 g/mol. The van der Waals surface area contributed by atoms with E-state index in [1.54, 1.807) is 12.1 Å². The fourth-order valence-corrected chi connectivity index (χ4v) is 3.61. The Labute approximate surface area is 115 Å². The van der Waals surface area contributed by atoms with Crippen LogP contribution in [0.5, 0.6) is 0 Å². The molecule has 106 valence electrons. The zero-order chi connectivity index (χ0) is 13.9. The van der Waals surface area contributed by atoms with Gasteiger partial charge in [0.2, 0.25) is 0 Å². The summed E-state index contributed by atoms with van der Waals surface area (Å²) in [6.45, 7) is 4.17. The normalized spacial score (nSPS) is 26.9. The molecule has 0 bridgehead atoms. The van der Waals surface area contributed by atoms with Crippen molar-refractivity contribution in [3.8, 4) is 0 Å². The molecule has 0 saturated heterocycles. The van der Waals surface area contributed by atoms with Crippen LogP contribution in [0.15, 0.2) is 24.3 Å². The van der Waals surface area contributed by atoms with Gasteiger partial charge in [0.05, 0.1) is 5.60 Å². The molecule has 1 aromatic carbocycles. The third-order valence-corrected chi connectivity index (χ3v) is 4.91. The zero-order valence-corrected chi connectivity index (χ0v) is 12.0. The first kappa shape index (κ1) is 14.5. The third-order valence-electron chi connectivity index (χ3n) is 4.91. The first-order valence-corrected chi connectivity index (χ1v) is 7.59. The maximum atomic E-state index is 14.0. The predicted molar refractivity (Wildman–Crippen MR) is 76.3 cm³/mol. The van der Waals surface area contributed by atoms with E-state index in [9.17, 15) is 9.50 Å². The van der Waals surface area contributed by atoms with E-state index >= 15 is 0 Å². The van der Waals surface area contributed by atoms with Crippen molar-refractivity contribution in [2.24, 2.45) is 11.8 Å². The SMILES string of the molecule is CCC1CCCC(C(O)(CC)c2ccccc2F)C1. The molecule has 1 N–H and O–H groups in total. The Bertz CT molecular complexity index is 417. The number of halogens is 1. The number of aliphatic hydroxyl groups is 1. The molecule has 19 heavy (non-hydrogen) atoms. The van der Waals surface area contributed by atoms with E-state index in [0.717, 1.165) is 25.7 Å². The maximum Gasteiger partial charge on any atom is 0.129 e. The Hall–Kier alpha value is -0.890. The van der Waals surface area contributed by atoms with Crippen LogP contribution >= 0.6 is 0 Å². The van der Waals surface area contributed by atoms with Gasteiger partial charge in [0.15, 0.2) is 0 Å². The number of rotatable bonds is 4. The lowest BCUT2D eigenvalue weighted by atomic mass is 9.68. The van der Waals surface area contributed by atoms with Gasteiger partial charge in [-0.2, -0.15) is 0 Å². The molecule has 0 amide bonds. The highest BCUT2D eigenvalue weighted by atomic mass is 19.1. The molecule has 0 spiro atoms. The highest BCUT2D eigenvalue weighted by Gasteiger charge is 2.40. The minimum Gasteiger partial charge on any atom is -0.385 e. The number of hydrogen-bond donors (Lipinski definition) is 1. The van der Waals surface area contributed by atoms with Gasteiger partial charge in [-0.15, -0.1) is 0 Å². The molecule has 3 unspecified atom stereocenters. The summed E-state index contributed by atoms with van der Waals surface area (Å²) < 4.78 is 14.0. The van der Waals surface area contributed by atoms with Crippen LogP contribution in [0.3, 0.4) is 0 Å². The van der Waals surface area contributed by atoms with Crippen LogP contribution in [0.1, 0.15) is 57.9 Å². The van der Waals surface area contributed by atoms with E-state index in [-0.39, 0.29) is 11.7 Å². The van der Waals surface area contributed by atoms with Gasteiger partial charge in [-0.25, -0.2) is 4.39 Å². The van der Waals surface area contributed by atoms with Crippen molar-refractivity contribution in [1.82, 2.24) is 0 Å². The number of hydrogen-bond acceptors (Lipinski definition) is 1. The minimum atomic E-state index is -1.00. The van der Waals surface area contributed by atoms with Crippen molar-refractivity contribution in [2.75, 3.05) is 0 Å². The van der Waals surface area contributed by atoms with E-state index in [2.05, 4.69) is 6.92 Å². The Morgan fingerprint density at radius 2 is 2.00 bits per heavy atom. The summed E-state index contributed by atoms with van der Waals surface area (Å²) in [7, 11) is 0. The summed E-state index contributed by atoms with van der Waals surface area (Å²) in [4.78, 5) is 0. The Morgan fingerprint density at radius 3 is 2.63 bits per heavy atom. The molecule has 0 heterocycles. The summed E-state index contributed by atoms with van der Waals surface area (Å²) in [6, 6.07) is 6.70. The van der Waals surface area contributed by atoms with E-state index < -0.39 is 5.60 Å². The molecule has 1 aliphatic rings. The first-order chi connectivity index (χ1) is 9.11. The van der Waals surface area contributed by atoms with Gasteiger partial charge in [0, 0.05) is 5.56 Å². The predicted octanol–water partition coefficient (Wildman–Crippen LogP) is 4.64. The van der Waals surface area contributed by atoms with Gasteiger partial charge in [0.25, 0.3) is 0 Å². The summed E-state index contributed by atoms with van der Waals surface area (Å²) in [5.41, 5.74) is -0.515. The van der Waals surface area contributed by atoms with Gasteiger partial charge < -0.3 is 5.11 Å². The van der Waals surface area contributed by atoms with Crippen LogP contribution in [0.4, 0.5) is 4.39 Å². The van der Waals surface area contributed by atoms with Crippen molar-refractivity contribution in [2.45, 2.75) is 58.0 Å². The van der Waals surface area contributed by atoms with Crippen LogP contribution < -0.4 is 0 Å². The van der Waals surface area contributed by atoms with E-state index in [1.807, 2.05) is 13.0 Å². The minimum absolute atomic E-state index is 0.188. The van der Waals surface area contributed by atoms with Gasteiger partial charge in [-0.05, 0) is 37.2 Å². The second-order valence-corrected chi connectivity index (χ2v) is 5.90. The largest absolute Gasteiger partial charge is 0.385 e. The molecule has 0 radical (unpaired) electrons. The second kappa shape index (κ2) is 6.04. The van der Waals surface area contributed by atoms with Crippen LogP contribution in [-0.4, -0.2) is 5.11 Å². The van der Waals surface area contributed by atoms with Crippen molar-refractivity contribution < 1.29 is 9.50 Å². The van der Waals surface area contributed by atoms with E-state index in [1.165, 1.54) is 12.5 Å². The van der Waals surface area contributed by atoms with Gasteiger partial charge >= 0.3 is 0 Å². The van der Waals surface area contributed by atoms with Crippen molar-refractivity contribution in [3.63, 3.8) is 0 Å². The Morgan fingerprint density at radius 1 is 1.26 bits per heavy atom. The van der Waals surface area contributed by atoms with Crippen LogP contribution in [-0.2, 0) is 5.60 Å². The fraction of sp³-hybridized carbons (Fsp3) is 0.647. The van der Waals surface area contributed by atoms with Crippen LogP contribution in [0, 0.1) is 17.7 Å². The van der Waals surface area contributed by atoms with Gasteiger partial charge in [0.1, 0.15) is 5.82 Å². The highest BCUT2D eigenvalue weighted by Crippen LogP contribution is 2.44. The molecule has 1 aliphatic carbocycles. The third kappa shape index (κ3) is 2.84. The highest BCUT2D eigenvalue weighted by molar-refractivity contribution is 5.25. The fourth-order valence-electron chi connectivity index (χ4n) is 3.61. The molecule has 1 fully saturated rings. The maximum absolute atomic E-state index is 14.0. The standard InChI is InChI=1S/C17H25FO/c1-3-13-8-7-9-14(12-13)17(19,4-2)15-10-5-6-11-16(15)18/h5-6,10-11,13-14,19H,3-4,7-9,12H2,1-2H3. The summed E-state index contributed by atoms with van der Waals surface area (Å²) >= 11 is 0. The van der Waals surface area contributed by atoms with Gasteiger partial charge in [-0.1, -0.05) is 51.3 Å². The molecule has 1 aromatic rings. The summed E-state index contributed by atoms with van der Waals surface area (Å²) in [5, 5.41) is 11.1. The molecule has 1 nitrogen and oxygen atoms in total. The van der Waals surface area contributed by atoms with E-state index in [4.69, 9.17) is 0 Å². The van der Waals surface area contributed by atoms with E-state index in [0.29, 0.717) is 17.9 Å². The summed E-state index contributed by atoms with van der Waals surface area (Å²) in [6.07, 6.45) is 6.18. The molecule has 0 aliphatic heterocycles. The average Bonchev–Trinajstić information content (AvgIpc) is 2.47. The van der Waals surface area contributed by atoms with Crippen molar-refractivity contribution in [1.29, 1.82) is 0 Å². The van der Waals surface area contributed by atoms with Crippen LogP contribution in [0.2, 0.25) is 0 Å².